The number of halogens is 1. The Bertz CT molecular complexity index is 401. The first-order valence-corrected chi connectivity index (χ1v) is 7.04. The molecule has 0 bridgehead atoms. The minimum absolute atomic E-state index is 0.362. The van der Waals surface area contributed by atoms with Gasteiger partial charge in [-0.2, -0.15) is 5.10 Å². The lowest BCUT2D eigenvalue weighted by Crippen LogP contribution is -2.39. The van der Waals surface area contributed by atoms with Crippen LogP contribution in [-0.4, -0.2) is 15.8 Å². The van der Waals surface area contributed by atoms with Crippen LogP contribution in [0.4, 0.5) is 0 Å². The second kappa shape index (κ2) is 5.08. The van der Waals surface area contributed by atoms with Gasteiger partial charge in [0.1, 0.15) is 0 Å². The Kier molecular flexibility index (Phi) is 3.90. The summed E-state index contributed by atoms with van der Waals surface area (Å²) in [7, 11) is 2.00. The molecule has 96 valence electrons. The molecule has 0 saturated heterocycles. The van der Waals surface area contributed by atoms with Crippen LogP contribution in [-0.2, 0) is 19.9 Å². The van der Waals surface area contributed by atoms with Gasteiger partial charge in [0.05, 0.1) is 15.9 Å². The fraction of sp³-hybridized carbons (Fsp3) is 0.750. The second-order valence-corrected chi connectivity index (χ2v) is 5.83. The van der Waals surface area contributed by atoms with Crippen molar-refractivity contribution >= 4 is 15.9 Å². The summed E-state index contributed by atoms with van der Waals surface area (Å²) in [6.07, 6.45) is 3.18. The Hall–Kier alpha value is -0.390. The zero-order valence-corrected chi connectivity index (χ0v) is 12.3. The van der Waals surface area contributed by atoms with Gasteiger partial charge in [-0.3, -0.25) is 16.0 Å². The van der Waals surface area contributed by atoms with Crippen LogP contribution in [0.3, 0.4) is 0 Å². The van der Waals surface area contributed by atoms with Crippen LogP contribution in [0.1, 0.15) is 31.7 Å². The predicted molar refractivity (Wildman–Crippen MR) is 72.4 cm³/mol. The molecule has 5 heteroatoms. The number of hydrogen-bond acceptors (Lipinski definition) is 3. The molecule has 3 unspecified atom stereocenters. The third-order valence-electron chi connectivity index (χ3n) is 3.82. The van der Waals surface area contributed by atoms with Gasteiger partial charge in [-0.15, -0.1) is 0 Å². The Labute approximate surface area is 111 Å². The standard InChI is InChI=1S/C12H21BrN4/c1-4-9-12(13)11(17(3)16-9)6-10(15-14)8-5-7(8)2/h7-8,10,15H,4-6,14H2,1-3H3. The SMILES string of the molecule is CCc1nn(C)c(CC(NN)C2CC2C)c1Br. The van der Waals surface area contributed by atoms with Crippen molar-refractivity contribution in [2.75, 3.05) is 0 Å². The maximum absolute atomic E-state index is 5.67. The van der Waals surface area contributed by atoms with Crippen molar-refractivity contribution in [3.05, 3.63) is 15.9 Å². The molecule has 1 aromatic heterocycles. The lowest BCUT2D eigenvalue weighted by molar-refractivity contribution is 0.442. The fourth-order valence-electron chi connectivity index (χ4n) is 2.50. The number of hydrazine groups is 1. The van der Waals surface area contributed by atoms with Gasteiger partial charge in [-0.05, 0) is 40.6 Å². The Morgan fingerprint density at radius 3 is 2.71 bits per heavy atom. The highest BCUT2D eigenvalue weighted by atomic mass is 79.9. The highest BCUT2D eigenvalue weighted by Gasteiger charge is 2.39. The van der Waals surface area contributed by atoms with E-state index >= 15 is 0 Å². The summed E-state index contributed by atoms with van der Waals surface area (Å²) in [5, 5.41) is 4.52. The van der Waals surface area contributed by atoms with E-state index in [0.717, 1.165) is 28.9 Å². The highest BCUT2D eigenvalue weighted by molar-refractivity contribution is 9.10. The number of rotatable bonds is 5. The maximum atomic E-state index is 5.67. The van der Waals surface area contributed by atoms with E-state index in [4.69, 9.17) is 5.84 Å². The molecule has 2 rings (SSSR count). The molecular formula is C12H21BrN4. The van der Waals surface area contributed by atoms with E-state index in [9.17, 15) is 0 Å². The lowest BCUT2D eigenvalue weighted by Gasteiger charge is -2.16. The molecule has 1 aliphatic rings. The van der Waals surface area contributed by atoms with Crippen molar-refractivity contribution in [2.45, 2.75) is 39.2 Å². The molecule has 3 atom stereocenters. The molecule has 4 nitrogen and oxygen atoms in total. The molecule has 1 aliphatic carbocycles. The molecule has 0 aromatic carbocycles. The summed E-state index contributed by atoms with van der Waals surface area (Å²) in [6, 6.07) is 0.362. The van der Waals surface area contributed by atoms with Gasteiger partial charge in [0, 0.05) is 19.5 Å². The largest absolute Gasteiger partial charge is 0.271 e. The van der Waals surface area contributed by atoms with Crippen molar-refractivity contribution in [1.82, 2.24) is 15.2 Å². The molecule has 1 aromatic rings. The summed E-state index contributed by atoms with van der Waals surface area (Å²) in [5.74, 6) is 7.18. The monoisotopic (exact) mass is 300 g/mol. The first kappa shape index (κ1) is 13.1. The Morgan fingerprint density at radius 1 is 1.65 bits per heavy atom. The van der Waals surface area contributed by atoms with Gasteiger partial charge in [-0.25, -0.2) is 0 Å². The topological polar surface area (TPSA) is 55.9 Å². The van der Waals surface area contributed by atoms with E-state index in [2.05, 4.69) is 40.3 Å². The molecular weight excluding hydrogens is 280 g/mol. The van der Waals surface area contributed by atoms with E-state index in [1.807, 2.05) is 11.7 Å². The summed E-state index contributed by atoms with van der Waals surface area (Å²) in [4.78, 5) is 0. The predicted octanol–water partition coefficient (Wildman–Crippen LogP) is 1.78. The summed E-state index contributed by atoms with van der Waals surface area (Å²) in [5.41, 5.74) is 5.33. The third kappa shape index (κ3) is 2.56. The number of nitrogens with two attached hydrogens (primary N) is 1. The third-order valence-corrected chi connectivity index (χ3v) is 4.73. The van der Waals surface area contributed by atoms with Gasteiger partial charge in [0.15, 0.2) is 0 Å². The zero-order valence-electron chi connectivity index (χ0n) is 10.7. The van der Waals surface area contributed by atoms with Crippen LogP contribution in [0, 0.1) is 11.8 Å². The smallest absolute Gasteiger partial charge is 0.0766 e. The van der Waals surface area contributed by atoms with Gasteiger partial charge in [-0.1, -0.05) is 13.8 Å². The molecule has 0 aliphatic heterocycles. The summed E-state index contributed by atoms with van der Waals surface area (Å²) >= 11 is 3.65. The molecule has 0 radical (unpaired) electrons. The van der Waals surface area contributed by atoms with Gasteiger partial charge in [0.2, 0.25) is 0 Å². The van der Waals surface area contributed by atoms with Crippen molar-refractivity contribution in [3.63, 3.8) is 0 Å². The van der Waals surface area contributed by atoms with E-state index < -0.39 is 0 Å². The highest BCUT2D eigenvalue weighted by Crippen LogP contribution is 2.41. The van der Waals surface area contributed by atoms with Crippen LogP contribution < -0.4 is 11.3 Å². The maximum Gasteiger partial charge on any atom is 0.0766 e. The van der Waals surface area contributed by atoms with Gasteiger partial charge < -0.3 is 0 Å². The normalized spacial score (nSPS) is 25.0. The molecule has 1 saturated carbocycles. The van der Waals surface area contributed by atoms with Crippen molar-refractivity contribution in [1.29, 1.82) is 0 Å². The molecule has 0 amide bonds. The quantitative estimate of drug-likeness (QED) is 0.644. The van der Waals surface area contributed by atoms with Crippen LogP contribution in [0.5, 0.6) is 0 Å². The number of hydrogen-bond donors (Lipinski definition) is 2. The van der Waals surface area contributed by atoms with Gasteiger partial charge in [0.25, 0.3) is 0 Å². The van der Waals surface area contributed by atoms with E-state index in [1.165, 1.54) is 12.1 Å². The van der Waals surface area contributed by atoms with Crippen LogP contribution in [0.15, 0.2) is 4.47 Å². The average molecular weight is 301 g/mol. The summed E-state index contributed by atoms with van der Waals surface area (Å²) < 4.78 is 3.12. The molecule has 17 heavy (non-hydrogen) atoms. The minimum Gasteiger partial charge on any atom is -0.271 e. The molecule has 1 fully saturated rings. The first-order valence-electron chi connectivity index (χ1n) is 6.24. The zero-order chi connectivity index (χ0) is 12.6. The fourth-order valence-corrected chi connectivity index (χ4v) is 3.27. The van der Waals surface area contributed by atoms with Crippen LogP contribution in [0.2, 0.25) is 0 Å². The van der Waals surface area contributed by atoms with E-state index in [0.29, 0.717) is 12.0 Å². The van der Waals surface area contributed by atoms with Crippen molar-refractivity contribution < 1.29 is 0 Å². The van der Waals surface area contributed by atoms with Crippen LogP contribution >= 0.6 is 15.9 Å². The molecule has 0 spiro atoms. The lowest BCUT2D eigenvalue weighted by atomic mass is 10.1. The number of nitrogens with zero attached hydrogens (tertiary/aromatic N) is 2. The molecule has 1 heterocycles. The van der Waals surface area contributed by atoms with Gasteiger partial charge >= 0.3 is 0 Å². The minimum atomic E-state index is 0.362. The summed E-state index contributed by atoms with van der Waals surface area (Å²) in [6.45, 7) is 4.41. The first-order chi connectivity index (χ1) is 8.08. The second-order valence-electron chi connectivity index (χ2n) is 5.04. The number of nitrogens with one attached hydrogen (secondary N) is 1. The van der Waals surface area contributed by atoms with E-state index in [-0.39, 0.29) is 0 Å². The molecule has 3 N–H and O–H groups in total. The van der Waals surface area contributed by atoms with Crippen molar-refractivity contribution in [3.8, 4) is 0 Å². The van der Waals surface area contributed by atoms with Crippen molar-refractivity contribution in [2.24, 2.45) is 24.7 Å². The van der Waals surface area contributed by atoms with E-state index in [1.54, 1.807) is 0 Å². The average Bonchev–Trinajstić information content (AvgIpc) is 2.96. The Morgan fingerprint density at radius 2 is 2.29 bits per heavy atom. The number of aryl methyl sites for hydroxylation is 2. The van der Waals surface area contributed by atoms with Crippen LogP contribution in [0.25, 0.3) is 0 Å². The number of aromatic nitrogens is 2. The Balaban J connectivity index is 2.14.